The molecule has 2 N–H and O–H groups in total. The Morgan fingerprint density at radius 3 is 2.62 bits per heavy atom. The lowest BCUT2D eigenvalue weighted by Gasteiger charge is -2.32. The summed E-state index contributed by atoms with van der Waals surface area (Å²) >= 11 is 1.33. The molecule has 176 valence electrons. The van der Waals surface area contributed by atoms with E-state index in [4.69, 9.17) is 5.26 Å². The molecule has 2 heterocycles. The summed E-state index contributed by atoms with van der Waals surface area (Å²) in [5, 5.41) is 26.3. The fourth-order valence-corrected chi connectivity index (χ4v) is 4.67. The van der Waals surface area contributed by atoms with E-state index in [1.165, 1.54) is 17.7 Å². The fourth-order valence-electron chi connectivity index (χ4n) is 3.70. The van der Waals surface area contributed by atoms with Crippen LogP contribution < -0.4 is 28.7 Å². The fraction of sp³-hybridized carbons (Fsp3) is 0.250. The van der Waals surface area contributed by atoms with Gasteiger partial charge in [0.15, 0.2) is 0 Å². The van der Waals surface area contributed by atoms with Crippen LogP contribution >= 0.6 is 11.3 Å². The van der Waals surface area contributed by atoms with Crippen molar-refractivity contribution < 1.29 is 42.5 Å². The van der Waals surface area contributed by atoms with Crippen molar-refractivity contribution in [3.8, 4) is 17.3 Å². The van der Waals surface area contributed by atoms with Crippen molar-refractivity contribution in [3.05, 3.63) is 87.8 Å². The van der Waals surface area contributed by atoms with E-state index in [1.807, 2.05) is 12.3 Å². The average Bonchev–Trinajstić information content (AvgIpc) is 3.50. The molecule has 2 aromatic carbocycles. The quantitative estimate of drug-likeness (QED) is 0.249. The Balaban J connectivity index is 0.00000324. The van der Waals surface area contributed by atoms with Crippen molar-refractivity contribution in [2.75, 3.05) is 0 Å². The van der Waals surface area contributed by atoms with Gasteiger partial charge in [-0.3, -0.25) is 0 Å². The minimum Gasteiger partial charge on any atom is -1.00 e. The van der Waals surface area contributed by atoms with Crippen molar-refractivity contribution in [2.45, 2.75) is 38.3 Å². The number of aromatic amines is 1. The molecule has 0 aliphatic rings. The molecule has 0 saturated heterocycles. The highest BCUT2D eigenvalue weighted by molar-refractivity contribution is 7.10. The van der Waals surface area contributed by atoms with Crippen LogP contribution in [0.2, 0.25) is 0 Å². The maximum absolute atomic E-state index is 14.9. The lowest BCUT2D eigenvalue weighted by molar-refractivity contribution is -0.765. The number of hydrogen-bond donors (Lipinski definition) is 2. The van der Waals surface area contributed by atoms with Gasteiger partial charge < -0.3 is 29.1 Å². The molecule has 6 nitrogen and oxygen atoms in total. The molecule has 34 heavy (non-hydrogen) atoms. The number of benzene rings is 2. The normalized spacial score (nSPS) is 13.5. The topological polar surface area (TPSA) is 89.5 Å². The Bertz CT molecular complexity index is 1320. The van der Waals surface area contributed by atoms with Gasteiger partial charge in [-0.2, -0.15) is 15.0 Å². The first kappa shape index (κ1) is 25.9. The van der Waals surface area contributed by atoms with Crippen LogP contribution in [0.5, 0.6) is 0 Å². The number of rotatable bonds is 7. The van der Waals surface area contributed by atoms with Crippen LogP contribution in [0, 0.1) is 23.0 Å². The standard InChI is InChI=1S/C24H21F2N5OS.HI/c1-3-22-28-14-31(30-22)13-24(32,19-10-18(25)8-9-20(19)26)15(2)23-29-21(12-33-23)17-6-4-16(11-27)5-7-17;/h4-10,12,14-15,32H,3,13H2,1-2H3;1H/t15-,24+;/m0./s1. The largest absolute Gasteiger partial charge is 1.00 e. The van der Waals surface area contributed by atoms with E-state index >= 15 is 0 Å². The highest BCUT2D eigenvalue weighted by Gasteiger charge is 2.43. The van der Waals surface area contributed by atoms with E-state index in [-0.39, 0.29) is 36.1 Å². The molecule has 0 aliphatic carbocycles. The summed E-state index contributed by atoms with van der Waals surface area (Å²) in [4.78, 5) is 8.90. The van der Waals surface area contributed by atoms with Crippen molar-refractivity contribution in [1.29, 1.82) is 5.26 Å². The first-order valence-corrected chi connectivity index (χ1v) is 11.3. The Morgan fingerprint density at radius 2 is 1.97 bits per heavy atom. The predicted molar refractivity (Wildman–Crippen MR) is 119 cm³/mol. The molecule has 0 radical (unpaired) electrons. The van der Waals surface area contributed by atoms with E-state index < -0.39 is 23.2 Å². The van der Waals surface area contributed by atoms with Gasteiger partial charge in [0, 0.05) is 28.8 Å². The average molecular weight is 593 g/mol. The number of nitrogens with zero attached hydrogens (tertiary/aromatic N) is 4. The van der Waals surface area contributed by atoms with Gasteiger partial charge in [0.25, 0.3) is 5.82 Å². The van der Waals surface area contributed by atoms with Gasteiger partial charge in [-0.25, -0.2) is 13.8 Å². The Labute approximate surface area is 217 Å². The van der Waals surface area contributed by atoms with Crippen molar-refractivity contribution in [3.63, 3.8) is 0 Å². The smallest absolute Gasteiger partial charge is 0.307 e. The monoisotopic (exact) mass is 593 g/mol. The molecule has 0 aliphatic heterocycles. The van der Waals surface area contributed by atoms with Crippen LogP contribution in [0.3, 0.4) is 0 Å². The van der Waals surface area contributed by atoms with Crippen molar-refractivity contribution in [1.82, 2.24) is 15.1 Å². The number of thiazole rings is 1. The molecule has 0 bridgehead atoms. The SMILES string of the molecule is CCc1nc[n+](C[C@](O)(c2cc(F)ccc2F)[C@@H](C)c2nc(-c3ccc(C#N)cc3)cs2)[nH]1.[I-]. The van der Waals surface area contributed by atoms with Crippen LogP contribution in [0.15, 0.2) is 54.2 Å². The molecule has 0 fully saturated rings. The number of hydrogen-bond acceptors (Lipinski definition) is 5. The number of aromatic nitrogens is 4. The Hall–Kier alpha value is -2.75. The molecule has 0 amide bonds. The zero-order valence-electron chi connectivity index (χ0n) is 18.5. The van der Waals surface area contributed by atoms with Crippen molar-refractivity contribution >= 4 is 11.3 Å². The maximum Gasteiger partial charge on any atom is 0.307 e. The predicted octanol–water partition coefficient (Wildman–Crippen LogP) is 1.23. The minimum absolute atomic E-state index is 0. The van der Waals surface area contributed by atoms with E-state index in [1.54, 1.807) is 35.9 Å². The van der Waals surface area contributed by atoms with E-state index in [2.05, 4.69) is 21.1 Å². The number of H-pyrrole nitrogens is 1. The Morgan fingerprint density at radius 1 is 1.24 bits per heavy atom. The summed E-state index contributed by atoms with van der Waals surface area (Å²) in [5.74, 6) is -1.31. The molecule has 0 spiro atoms. The number of aryl methyl sites for hydroxylation is 1. The summed E-state index contributed by atoms with van der Waals surface area (Å²) in [6.45, 7) is 3.60. The zero-order valence-corrected chi connectivity index (χ0v) is 21.4. The van der Waals surface area contributed by atoms with Gasteiger partial charge in [0.2, 0.25) is 0 Å². The van der Waals surface area contributed by atoms with E-state index in [0.29, 0.717) is 28.5 Å². The molecule has 10 heteroatoms. The molecular formula is C24H22F2IN5OS. The zero-order chi connectivity index (χ0) is 23.6. The van der Waals surface area contributed by atoms with Gasteiger partial charge in [-0.05, 0) is 35.3 Å². The lowest BCUT2D eigenvalue weighted by atomic mass is 9.82. The molecule has 2 aromatic heterocycles. The maximum atomic E-state index is 14.9. The summed E-state index contributed by atoms with van der Waals surface area (Å²) in [6, 6.07) is 12.2. The minimum atomic E-state index is -1.81. The second kappa shape index (κ2) is 10.7. The van der Waals surface area contributed by atoms with Gasteiger partial charge in [-0.15, -0.1) is 11.3 Å². The first-order chi connectivity index (χ1) is 15.8. The number of halogens is 3. The van der Waals surface area contributed by atoms with Crippen LogP contribution in [-0.4, -0.2) is 20.2 Å². The molecule has 4 aromatic rings. The molecule has 2 atom stereocenters. The molecule has 0 saturated carbocycles. The third-order valence-electron chi connectivity index (χ3n) is 5.69. The van der Waals surface area contributed by atoms with Crippen LogP contribution in [0.1, 0.15) is 41.7 Å². The highest BCUT2D eigenvalue weighted by Crippen LogP contribution is 2.40. The van der Waals surface area contributed by atoms with Crippen LogP contribution in [-0.2, 0) is 18.6 Å². The molecule has 4 rings (SSSR count). The number of nitriles is 1. The third-order valence-corrected chi connectivity index (χ3v) is 6.71. The van der Waals surface area contributed by atoms with Gasteiger partial charge >= 0.3 is 6.33 Å². The summed E-state index contributed by atoms with van der Waals surface area (Å²) in [5.41, 5.74) is 0.0798. The second-order valence-corrected chi connectivity index (χ2v) is 8.70. The van der Waals surface area contributed by atoms with Gasteiger partial charge in [0.05, 0.1) is 22.3 Å². The van der Waals surface area contributed by atoms with Gasteiger partial charge in [-0.1, -0.05) is 26.0 Å². The molecule has 0 unspecified atom stereocenters. The summed E-state index contributed by atoms with van der Waals surface area (Å²) < 4.78 is 30.5. The van der Waals surface area contributed by atoms with E-state index in [9.17, 15) is 13.9 Å². The summed E-state index contributed by atoms with van der Waals surface area (Å²) in [6.07, 6.45) is 2.19. The third kappa shape index (κ3) is 5.16. The summed E-state index contributed by atoms with van der Waals surface area (Å²) in [7, 11) is 0. The van der Waals surface area contributed by atoms with Crippen LogP contribution in [0.25, 0.3) is 11.3 Å². The highest BCUT2D eigenvalue weighted by atomic mass is 127. The van der Waals surface area contributed by atoms with Gasteiger partial charge in [0.1, 0.15) is 23.8 Å². The number of aliphatic hydroxyl groups is 1. The lowest BCUT2D eigenvalue weighted by Crippen LogP contribution is -3.00. The first-order valence-electron chi connectivity index (χ1n) is 10.4. The molecular weight excluding hydrogens is 571 g/mol. The van der Waals surface area contributed by atoms with E-state index in [0.717, 1.165) is 23.8 Å². The Kier molecular flexibility index (Phi) is 8.12. The second-order valence-electron chi connectivity index (χ2n) is 7.81. The van der Waals surface area contributed by atoms with Crippen LogP contribution in [0.4, 0.5) is 8.78 Å². The number of nitrogens with one attached hydrogen (secondary N) is 1. The van der Waals surface area contributed by atoms with Crippen molar-refractivity contribution in [2.24, 2.45) is 0 Å².